The van der Waals surface area contributed by atoms with Crippen LogP contribution in [0.5, 0.6) is 0 Å². The molecule has 0 bridgehead atoms. The van der Waals surface area contributed by atoms with Crippen molar-refractivity contribution in [3.05, 3.63) is 0 Å². The molecular weight excluding hydrogens is 134 g/mol. The average molecular weight is 149 g/mol. The fraction of sp³-hybridized carbons (Fsp3) is 0.833. The molecule has 0 heterocycles. The lowest BCUT2D eigenvalue weighted by atomic mass is 10.7. The van der Waals surface area contributed by atoms with Crippen LogP contribution in [0.3, 0.4) is 0 Å². The second-order valence-corrected chi connectivity index (χ2v) is 1.47. The molecule has 3 N–H and O–H groups in total. The molecule has 0 unspecified atom stereocenters. The zero-order valence-electron chi connectivity index (χ0n) is 6.46. The van der Waals surface area contributed by atoms with Crippen molar-refractivity contribution in [3.63, 3.8) is 0 Å². The van der Waals surface area contributed by atoms with Crippen LogP contribution < -0.4 is 5.73 Å². The van der Waals surface area contributed by atoms with Gasteiger partial charge < -0.3 is 15.6 Å². The lowest BCUT2D eigenvalue weighted by Gasteiger charge is -1.93. The number of aliphatic hydroxyl groups excluding tert-OH is 1. The number of carbonyl (C=O) groups is 1. The Morgan fingerprint density at radius 3 is 2.20 bits per heavy atom. The van der Waals surface area contributed by atoms with Crippen LogP contribution in [0.2, 0.25) is 0 Å². The Kier molecular flexibility index (Phi) is 13.6. The van der Waals surface area contributed by atoms with Gasteiger partial charge in [-0.15, -0.1) is 0 Å². The Hall–Kier alpha value is -0.610. The van der Waals surface area contributed by atoms with Gasteiger partial charge in [-0.2, -0.15) is 0 Å². The molecule has 0 aliphatic rings. The van der Waals surface area contributed by atoms with Crippen LogP contribution >= 0.6 is 0 Å². The van der Waals surface area contributed by atoms with E-state index in [2.05, 4.69) is 4.74 Å². The van der Waals surface area contributed by atoms with Crippen LogP contribution in [0.15, 0.2) is 0 Å². The zero-order chi connectivity index (χ0) is 8.41. The van der Waals surface area contributed by atoms with Gasteiger partial charge >= 0.3 is 5.97 Å². The van der Waals surface area contributed by atoms with Crippen LogP contribution in [-0.2, 0) is 9.53 Å². The van der Waals surface area contributed by atoms with Crippen molar-refractivity contribution in [2.75, 3.05) is 19.8 Å². The number of ether oxygens (including phenoxy) is 1. The summed E-state index contributed by atoms with van der Waals surface area (Å²) in [5.41, 5.74) is 4.85. The van der Waals surface area contributed by atoms with Crippen molar-refractivity contribution in [2.45, 2.75) is 13.8 Å². The minimum Gasteiger partial charge on any atom is -0.463 e. The molecule has 0 aliphatic heterocycles. The first-order chi connectivity index (χ1) is 4.68. The van der Waals surface area contributed by atoms with Gasteiger partial charge in [-0.05, 0) is 6.54 Å². The number of esters is 1. The summed E-state index contributed by atoms with van der Waals surface area (Å²) in [5, 5.41) is 8.04. The second-order valence-electron chi connectivity index (χ2n) is 1.47. The van der Waals surface area contributed by atoms with Gasteiger partial charge in [-0.25, -0.2) is 0 Å². The number of hydrogen-bond acceptors (Lipinski definition) is 4. The van der Waals surface area contributed by atoms with Gasteiger partial charge in [-0.1, -0.05) is 6.92 Å². The molecule has 4 heteroatoms. The number of nitrogens with two attached hydrogens (primary N) is 1. The van der Waals surface area contributed by atoms with Crippen LogP contribution in [0.4, 0.5) is 0 Å². The van der Waals surface area contributed by atoms with Gasteiger partial charge in [0, 0.05) is 6.92 Å². The first-order valence-corrected chi connectivity index (χ1v) is 3.13. The summed E-state index contributed by atoms with van der Waals surface area (Å²) in [7, 11) is 0. The lowest BCUT2D eigenvalue weighted by Crippen LogP contribution is -2.03. The van der Waals surface area contributed by atoms with E-state index >= 15 is 0 Å². The molecule has 0 saturated carbocycles. The van der Waals surface area contributed by atoms with Crippen molar-refractivity contribution in [3.8, 4) is 0 Å². The van der Waals surface area contributed by atoms with E-state index in [0.717, 1.165) is 6.54 Å². The van der Waals surface area contributed by atoms with Crippen molar-refractivity contribution < 1.29 is 14.6 Å². The van der Waals surface area contributed by atoms with Crippen LogP contribution in [0.25, 0.3) is 0 Å². The Morgan fingerprint density at radius 2 is 2.10 bits per heavy atom. The Morgan fingerprint density at radius 1 is 1.70 bits per heavy atom. The first kappa shape index (κ1) is 12.1. The molecule has 0 saturated heterocycles. The second kappa shape index (κ2) is 11.2. The van der Waals surface area contributed by atoms with Gasteiger partial charge in [0.2, 0.25) is 0 Å². The number of aliphatic hydroxyl groups is 1. The molecule has 0 rings (SSSR count). The van der Waals surface area contributed by atoms with Crippen LogP contribution in [0.1, 0.15) is 13.8 Å². The standard InChI is InChI=1S/C4H8O3.C2H7N/c1-4(6)7-3-2-5;1-2-3/h5H,2-3H2,1H3;2-3H2,1H3. The quantitative estimate of drug-likeness (QED) is 0.519. The van der Waals surface area contributed by atoms with Crippen LogP contribution in [-0.4, -0.2) is 30.8 Å². The molecule has 10 heavy (non-hydrogen) atoms. The van der Waals surface area contributed by atoms with E-state index in [9.17, 15) is 4.79 Å². The van der Waals surface area contributed by atoms with Gasteiger partial charge in [-0.3, -0.25) is 4.79 Å². The van der Waals surface area contributed by atoms with Crippen molar-refractivity contribution in [2.24, 2.45) is 5.73 Å². The van der Waals surface area contributed by atoms with E-state index in [-0.39, 0.29) is 19.2 Å². The predicted octanol–water partition coefficient (Wildman–Crippen LogP) is -0.493. The minimum atomic E-state index is -0.353. The summed E-state index contributed by atoms with van der Waals surface area (Å²) in [5.74, 6) is -0.353. The smallest absolute Gasteiger partial charge is 0.302 e. The molecule has 0 aromatic rings. The number of carbonyl (C=O) groups excluding carboxylic acids is 1. The van der Waals surface area contributed by atoms with Crippen LogP contribution in [0, 0.1) is 0 Å². The molecule has 0 fully saturated rings. The Labute approximate surface area is 61.0 Å². The third-order valence-electron chi connectivity index (χ3n) is 0.397. The Balaban J connectivity index is 0. The monoisotopic (exact) mass is 149 g/mol. The number of rotatable bonds is 2. The highest BCUT2D eigenvalue weighted by Gasteiger charge is 1.86. The summed E-state index contributed by atoms with van der Waals surface area (Å²) >= 11 is 0. The molecule has 0 atom stereocenters. The fourth-order valence-electron chi connectivity index (χ4n) is 0.189. The SMILES string of the molecule is CC(=O)OCCO.CCN. The van der Waals surface area contributed by atoms with Gasteiger partial charge in [0.15, 0.2) is 0 Å². The van der Waals surface area contributed by atoms with Gasteiger partial charge in [0.25, 0.3) is 0 Å². The fourth-order valence-corrected chi connectivity index (χ4v) is 0.189. The zero-order valence-corrected chi connectivity index (χ0v) is 6.46. The molecule has 0 radical (unpaired) electrons. The Bertz CT molecular complexity index is 75.4. The summed E-state index contributed by atoms with van der Waals surface area (Å²) in [6.07, 6.45) is 0. The summed E-state index contributed by atoms with van der Waals surface area (Å²) in [6, 6.07) is 0. The molecule has 0 aromatic carbocycles. The normalized spacial score (nSPS) is 7.60. The van der Waals surface area contributed by atoms with E-state index < -0.39 is 0 Å². The van der Waals surface area contributed by atoms with Crippen molar-refractivity contribution in [1.29, 1.82) is 0 Å². The van der Waals surface area contributed by atoms with E-state index in [1.54, 1.807) is 0 Å². The largest absolute Gasteiger partial charge is 0.463 e. The summed E-state index contributed by atoms with van der Waals surface area (Å²) in [6.45, 7) is 3.96. The van der Waals surface area contributed by atoms with E-state index in [1.165, 1.54) is 6.92 Å². The first-order valence-electron chi connectivity index (χ1n) is 3.13. The van der Waals surface area contributed by atoms with Crippen molar-refractivity contribution >= 4 is 5.97 Å². The highest BCUT2D eigenvalue weighted by atomic mass is 16.5. The third-order valence-corrected chi connectivity index (χ3v) is 0.397. The molecule has 0 aromatic heterocycles. The lowest BCUT2D eigenvalue weighted by molar-refractivity contribution is -0.141. The van der Waals surface area contributed by atoms with Gasteiger partial charge in [0.05, 0.1) is 6.61 Å². The van der Waals surface area contributed by atoms with E-state index in [0.29, 0.717) is 0 Å². The maximum Gasteiger partial charge on any atom is 0.302 e. The molecular formula is C6H15NO3. The highest BCUT2D eigenvalue weighted by molar-refractivity contribution is 5.65. The predicted molar refractivity (Wildman–Crippen MR) is 38.4 cm³/mol. The van der Waals surface area contributed by atoms with E-state index in [4.69, 9.17) is 10.8 Å². The highest BCUT2D eigenvalue weighted by Crippen LogP contribution is 1.71. The number of hydrogen-bond donors (Lipinski definition) is 2. The molecule has 0 amide bonds. The maximum absolute atomic E-state index is 9.87. The maximum atomic E-state index is 9.87. The van der Waals surface area contributed by atoms with Crippen molar-refractivity contribution in [1.82, 2.24) is 0 Å². The summed E-state index contributed by atoms with van der Waals surface area (Å²) < 4.78 is 4.30. The molecule has 62 valence electrons. The minimum absolute atomic E-state index is 0.0976. The topological polar surface area (TPSA) is 72.5 Å². The average Bonchev–Trinajstić information content (AvgIpc) is 1.85. The summed E-state index contributed by atoms with van der Waals surface area (Å²) in [4.78, 5) is 9.87. The third kappa shape index (κ3) is 26.3. The molecule has 4 nitrogen and oxygen atoms in total. The van der Waals surface area contributed by atoms with E-state index in [1.807, 2.05) is 6.92 Å². The molecule has 0 spiro atoms. The van der Waals surface area contributed by atoms with Gasteiger partial charge in [0.1, 0.15) is 6.61 Å². The molecule has 0 aliphatic carbocycles.